The van der Waals surface area contributed by atoms with Crippen molar-refractivity contribution in [2.75, 3.05) is 0 Å². The summed E-state index contributed by atoms with van der Waals surface area (Å²) in [5.74, 6) is 2.52. The van der Waals surface area contributed by atoms with Gasteiger partial charge in [0.05, 0.1) is 11.7 Å². The van der Waals surface area contributed by atoms with Crippen molar-refractivity contribution in [3.05, 3.63) is 168 Å². The first-order valence-corrected chi connectivity index (χ1v) is 15.6. The average Bonchev–Trinajstić information content (AvgIpc) is 3.53. The number of para-hydroxylation sites is 2. The van der Waals surface area contributed by atoms with Gasteiger partial charge in [0.2, 0.25) is 0 Å². The maximum Gasteiger partial charge on any atom is 0.164 e. The Bertz CT molecular complexity index is 2380. The molecule has 6 nitrogen and oxygen atoms in total. The van der Waals surface area contributed by atoms with Crippen LogP contribution < -0.4 is 5.32 Å². The molecule has 0 saturated carbocycles. The van der Waals surface area contributed by atoms with Crippen molar-refractivity contribution in [3.8, 4) is 34.2 Å². The minimum atomic E-state index is -0.0683. The Hall–Kier alpha value is -6.40. The van der Waals surface area contributed by atoms with E-state index >= 15 is 0 Å². The van der Waals surface area contributed by atoms with Crippen LogP contribution >= 0.6 is 0 Å². The Balaban J connectivity index is 1.30. The van der Waals surface area contributed by atoms with E-state index in [0.29, 0.717) is 17.5 Å². The highest BCUT2D eigenvalue weighted by Gasteiger charge is 2.26. The van der Waals surface area contributed by atoms with Crippen molar-refractivity contribution in [1.82, 2.24) is 20.3 Å². The molecule has 3 heterocycles. The molecule has 2 aromatic heterocycles. The summed E-state index contributed by atoms with van der Waals surface area (Å²) in [7, 11) is 0. The Kier molecular flexibility index (Phi) is 6.42. The second-order valence-corrected chi connectivity index (χ2v) is 11.5. The van der Waals surface area contributed by atoms with Crippen LogP contribution in [0.3, 0.4) is 0 Å². The Morgan fingerprint density at radius 2 is 1.11 bits per heavy atom. The zero-order valence-electron chi connectivity index (χ0n) is 25.2. The molecule has 1 atom stereocenters. The van der Waals surface area contributed by atoms with E-state index in [1.165, 1.54) is 0 Å². The lowest BCUT2D eigenvalue weighted by molar-refractivity contribution is 0.668. The molecule has 0 radical (unpaired) electrons. The van der Waals surface area contributed by atoms with Gasteiger partial charge in [0.15, 0.2) is 17.5 Å². The third-order valence-electron chi connectivity index (χ3n) is 8.59. The molecule has 1 aliphatic heterocycles. The number of aromatic nitrogens is 3. The second kappa shape index (κ2) is 11.2. The molecule has 0 saturated heterocycles. The standard InChI is InChI=1S/C41H27N5O/c1-4-14-26(15-5-1)37-30-20-10-12-22-33(30)42-40(43-37)29-24-32(36-31-21-11-13-23-34(31)47-35(36)25-29)41-45-38(27-16-6-2-7-17-27)44-39(46-41)28-18-8-3-9-19-28/h1-25,37H,(H,42,43). The number of hydrogen-bond donors (Lipinski definition) is 1. The highest BCUT2D eigenvalue weighted by atomic mass is 16.3. The minimum Gasteiger partial charge on any atom is -0.456 e. The SMILES string of the molecule is c1ccc(-c2nc(-c3ccccc3)nc(-c3cc(C4=Nc5ccccc5C(c5ccccc5)N4)cc4oc5ccccc5c34)n2)cc1. The molecule has 47 heavy (non-hydrogen) atoms. The number of amidine groups is 1. The van der Waals surface area contributed by atoms with Gasteiger partial charge in [-0.25, -0.2) is 19.9 Å². The average molecular weight is 606 g/mol. The monoisotopic (exact) mass is 605 g/mol. The van der Waals surface area contributed by atoms with Gasteiger partial charge in [0.25, 0.3) is 0 Å². The van der Waals surface area contributed by atoms with Crippen molar-refractivity contribution in [1.29, 1.82) is 0 Å². The molecule has 9 rings (SSSR count). The molecule has 1 N–H and O–H groups in total. The molecule has 0 bridgehead atoms. The van der Waals surface area contributed by atoms with Gasteiger partial charge in [-0.15, -0.1) is 0 Å². The van der Waals surface area contributed by atoms with Crippen molar-refractivity contribution in [2.45, 2.75) is 6.04 Å². The van der Waals surface area contributed by atoms with E-state index in [9.17, 15) is 0 Å². The molecule has 222 valence electrons. The topological polar surface area (TPSA) is 76.2 Å². The molecule has 1 aliphatic rings. The summed E-state index contributed by atoms with van der Waals surface area (Å²) < 4.78 is 6.50. The van der Waals surface area contributed by atoms with Gasteiger partial charge >= 0.3 is 0 Å². The van der Waals surface area contributed by atoms with Crippen LogP contribution in [-0.2, 0) is 0 Å². The second-order valence-electron chi connectivity index (χ2n) is 11.5. The fourth-order valence-corrected chi connectivity index (χ4v) is 6.35. The van der Waals surface area contributed by atoms with E-state index in [4.69, 9.17) is 24.4 Å². The fraction of sp³-hybridized carbons (Fsp3) is 0.0244. The first-order chi connectivity index (χ1) is 23.3. The van der Waals surface area contributed by atoms with Gasteiger partial charge in [0, 0.05) is 38.6 Å². The normalized spacial score (nSPS) is 14.0. The lowest BCUT2D eigenvalue weighted by atomic mass is 9.94. The van der Waals surface area contributed by atoms with Crippen LogP contribution in [0.2, 0.25) is 0 Å². The summed E-state index contributed by atoms with van der Waals surface area (Å²) in [6.45, 7) is 0. The molecular formula is C41H27N5O. The van der Waals surface area contributed by atoms with Gasteiger partial charge < -0.3 is 9.73 Å². The van der Waals surface area contributed by atoms with Gasteiger partial charge in [0.1, 0.15) is 17.0 Å². The number of furan rings is 1. The van der Waals surface area contributed by atoms with E-state index < -0.39 is 0 Å². The summed E-state index contributed by atoms with van der Waals surface area (Å²) in [5.41, 5.74) is 8.31. The van der Waals surface area contributed by atoms with Crippen molar-refractivity contribution < 1.29 is 4.42 Å². The Morgan fingerprint density at radius 1 is 0.511 bits per heavy atom. The van der Waals surface area contributed by atoms with Crippen LogP contribution in [0.4, 0.5) is 5.69 Å². The summed E-state index contributed by atoms with van der Waals surface area (Å²) in [6.07, 6.45) is 0. The summed E-state index contributed by atoms with van der Waals surface area (Å²) in [4.78, 5) is 20.2. The summed E-state index contributed by atoms with van der Waals surface area (Å²) in [5, 5.41) is 5.70. The lowest BCUT2D eigenvalue weighted by Gasteiger charge is -2.28. The number of aliphatic imine (C=N–C) groups is 1. The maximum atomic E-state index is 6.50. The number of nitrogens with one attached hydrogen (secondary N) is 1. The van der Waals surface area contributed by atoms with Crippen molar-refractivity contribution in [2.24, 2.45) is 4.99 Å². The lowest BCUT2D eigenvalue weighted by Crippen LogP contribution is -2.32. The predicted molar refractivity (Wildman–Crippen MR) is 187 cm³/mol. The van der Waals surface area contributed by atoms with E-state index in [0.717, 1.165) is 66.8 Å². The summed E-state index contributed by atoms with van der Waals surface area (Å²) in [6, 6.07) is 51.0. The first kappa shape index (κ1) is 27.0. The molecular weight excluding hydrogens is 578 g/mol. The largest absolute Gasteiger partial charge is 0.456 e. The summed E-state index contributed by atoms with van der Waals surface area (Å²) >= 11 is 0. The third-order valence-corrected chi connectivity index (χ3v) is 8.59. The zero-order valence-corrected chi connectivity index (χ0v) is 25.2. The molecule has 8 aromatic rings. The molecule has 0 spiro atoms. The highest BCUT2D eigenvalue weighted by Crippen LogP contribution is 2.39. The highest BCUT2D eigenvalue weighted by molar-refractivity contribution is 6.15. The van der Waals surface area contributed by atoms with Gasteiger partial charge in [-0.1, -0.05) is 127 Å². The van der Waals surface area contributed by atoms with Crippen molar-refractivity contribution in [3.63, 3.8) is 0 Å². The van der Waals surface area contributed by atoms with E-state index in [1.807, 2.05) is 91.0 Å². The van der Waals surface area contributed by atoms with Crippen molar-refractivity contribution >= 4 is 33.5 Å². The van der Waals surface area contributed by atoms with Crippen LogP contribution in [0.15, 0.2) is 161 Å². The van der Waals surface area contributed by atoms with Gasteiger partial charge in [-0.05, 0) is 29.8 Å². The Labute approximate surface area is 271 Å². The smallest absolute Gasteiger partial charge is 0.164 e. The number of fused-ring (bicyclic) bond motifs is 4. The van der Waals surface area contributed by atoms with E-state index in [-0.39, 0.29) is 6.04 Å². The van der Waals surface area contributed by atoms with Crippen LogP contribution in [0.25, 0.3) is 56.1 Å². The number of benzene rings is 6. The Morgan fingerprint density at radius 3 is 1.83 bits per heavy atom. The number of hydrogen-bond acceptors (Lipinski definition) is 6. The maximum absolute atomic E-state index is 6.50. The molecule has 0 aliphatic carbocycles. The van der Waals surface area contributed by atoms with E-state index in [1.54, 1.807) is 0 Å². The van der Waals surface area contributed by atoms with Crippen LogP contribution in [0.1, 0.15) is 22.7 Å². The van der Waals surface area contributed by atoms with Crippen LogP contribution in [-0.4, -0.2) is 20.8 Å². The van der Waals surface area contributed by atoms with Gasteiger partial charge in [-0.2, -0.15) is 0 Å². The molecule has 6 aromatic carbocycles. The molecule has 1 unspecified atom stereocenters. The van der Waals surface area contributed by atoms with E-state index in [2.05, 4.69) is 66.0 Å². The van der Waals surface area contributed by atoms with Gasteiger partial charge in [-0.3, -0.25) is 0 Å². The minimum absolute atomic E-state index is 0.0683. The third kappa shape index (κ3) is 4.84. The molecule has 6 heteroatoms. The first-order valence-electron chi connectivity index (χ1n) is 15.6. The number of nitrogens with zero attached hydrogens (tertiary/aromatic N) is 4. The molecule has 0 fully saturated rings. The quantitative estimate of drug-likeness (QED) is 0.211. The van der Waals surface area contributed by atoms with Crippen LogP contribution in [0, 0.1) is 0 Å². The fourth-order valence-electron chi connectivity index (χ4n) is 6.35. The molecule has 0 amide bonds. The predicted octanol–water partition coefficient (Wildman–Crippen LogP) is 9.54. The zero-order chi connectivity index (χ0) is 31.2. The van der Waals surface area contributed by atoms with Crippen LogP contribution in [0.5, 0.6) is 0 Å². The number of rotatable bonds is 5.